The molecule has 6 heteroatoms. The third-order valence-electron chi connectivity index (χ3n) is 2.30. The maximum absolute atomic E-state index is 11.4. The quantitative estimate of drug-likeness (QED) is 0.862. The van der Waals surface area contributed by atoms with E-state index < -0.39 is 9.84 Å². The molecule has 2 rings (SSSR count). The fourth-order valence-corrected chi connectivity index (χ4v) is 2.08. The van der Waals surface area contributed by atoms with E-state index in [-0.39, 0.29) is 0 Å². The molecule has 0 saturated carbocycles. The predicted molar refractivity (Wildman–Crippen MR) is 65.5 cm³/mol. The van der Waals surface area contributed by atoms with E-state index in [2.05, 4.69) is 15.3 Å². The molecule has 0 saturated heterocycles. The Hall–Kier alpha value is -1.82. The van der Waals surface area contributed by atoms with Gasteiger partial charge in [-0.25, -0.2) is 13.4 Å². The van der Waals surface area contributed by atoms with Crippen LogP contribution >= 0.6 is 0 Å². The number of anilines is 1. The molecular weight excluding hydrogens is 238 g/mol. The Kier molecular flexibility index (Phi) is 3.14. The summed E-state index contributed by atoms with van der Waals surface area (Å²) in [6, 6.07) is 6.74. The zero-order valence-corrected chi connectivity index (χ0v) is 10.2. The molecule has 0 spiro atoms. The lowest BCUT2D eigenvalue weighted by Gasteiger charge is -2.06. The summed E-state index contributed by atoms with van der Waals surface area (Å²) in [6.07, 6.45) is 4.51. The first-order valence-corrected chi connectivity index (χ1v) is 6.96. The number of hydrogen-bond acceptors (Lipinski definition) is 4. The van der Waals surface area contributed by atoms with Gasteiger partial charge in [0.05, 0.1) is 23.5 Å². The first-order chi connectivity index (χ1) is 8.05. The summed E-state index contributed by atoms with van der Waals surface area (Å²) in [5.41, 5.74) is 1.71. The van der Waals surface area contributed by atoms with Gasteiger partial charge in [-0.05, 0) is 18.2 Å². The van der Waals surface area contributed by atoms with Gasteiger partial charge in [0, 0.05) is 18.1 Å². The Bertz CT molecular complexity index is 591. The van der Waals surface area contributed by atoms with Crippen molar-refractivity contribution in [3.05, 3.63) is 42.5 Å². The molecule has 1 aromatic heterocycles. The fourth-order valence-electron chi connectivity index (χ4n) is 1.42. The first-order valence-electron chi connectivity index (χ1n) is 5.07. The van der Waals surface area contributed by atoms with Gasteiger partial charge >= 0.3 is 0 Å². The predicted octanol–water partition coefficient (Wildman–Crippen LogP) is 1.43. The van der Waals surface area contributed by atoms with Crippen molar-refractivity contribution in [1.29, 1.82) is 0 Å². The number of sulfone groups is 1. The van der Waals surface area contributed by atoms with Crippen LogP contribution in [0.25, 0.3) is 0 Å². The molecule has 17 heavy (non-hydrogen) atoms. The lowest BCUT2D eigenvalue weighted by atomic mass is 10.3. The molecule has 0 fully saturated rings. The highest BCUT2D eigenvalue weighted by Crippen LogP contribution is 2.15. The van der Waals surface area contributed by atoms with E-state index in [1.807, 2.05) is 6.07 Å². The Morgan fingerprint density at radius 1 is 1.41 bits per heavy atom. The van der Waals surface area contributed by atoms with Crippen molar-refractivity contribution in [2.75, 3.05) is 11.6 Å². The average Bonchev–Trinajstić information content (AvgIpc) is 2.78. The molecule has 0 aliphatic heterocycles. The molecule has 0 radical (unpaired) electrons. The van der Waals surface area contributed by atoms with Crippen molar-refractivity contribution in [2.24, 2.45) is 0 Å². The van der Waals surface area contributed by atoms with Crippen molar-refractivity contribution >= 4 is 15.5 Å². The molecule has 0 atom stereocenters. The Balaban J connectivity index is 2.12. The molecule has 2 N–H and O–H groups in total. The molecule has 1 aromatic carbocycles. The SMILES string of the molecule is CS(=O)(=O)c1cccc(NCc2cnc[nH]2)c1. The number of imidazole rings is 1. The summed E-state index contributed by atoms with van der Waals surface area (Å²) in [6.45, 7) is 0.577. The number of aromatic amines is 1. The van der Waals surface area contributed by atoms with Gasteiger partial charge in [0.1, 0.15) is 0 Å². The van der Waals surface area contributed by atoms with Gasteiger partial charge in [0.25, 0.3) is 0 Å². The maximum atomic E-state index is 11.4. The van der Waals surface area contributed by atoms with Crippen molar-refractivity contribution < 1.29 is 8.42 Å². The normalized spacial score (nSPS) is 11.4. The van der Waals surface area contributed by atoms with Gasteiger partial charge in [-0.15, -0.1) is 0 Å². The van der Waals surface area contributed by atoms with Crippen LogP contribution < -0.4 is 5.32 Å². The number of rotatable bonds is 4. The molecule has 0 bridgehead atoms. The second-order valence-electron chi connectivity index (χ2n) is 3.73. The second-order valence-corrected chi connectivity index (χ2v) is 5.75. The second kappa shape index (κ2) is 4.58. The molecule has 0 aliphatic rings. The molecule has 1 heterocycles. The van der Waals surface area contributed by atoms with Crippen molar-refractivity contribution in [3.63, 3.8) is 0 Å². The number of nitrogens with zero attached hydrogens (tertiary/aromatic N) is 1. The van der Waals surface area contributed by atoms with Crippen LogP contribution in [-0.2, 0) is 16.4 Å². The highest BCUT2D eigenvalue weighted by atomic mass is 32.2. The first kappa shape index (κ1) is 11.7. The van der Waals surface area contributed by atoms with Gasteiger partial charge in [-0.2, -0.15) is 0 Å². The lowest BCUT2D eigenvalue weighted by Crippen LogP contribution is -2.02. The van der Waals surface area contributed by atoms with Gasteiger partial charge in [-0.3, -0.25) is 0 Å². The van der Waals surface area contributed by atoms with Crippen LogP contribution in [0.1, 0.15) is 5.69 Å². The largest absolute Gasteiger partial charge is 0.379 e. The zero-order valence-electron chi connectivity index (χ0n) is 9.34. The van der Waals surface area contributed by atoms with Gasteiger partial charge in [0.15, 0.2) is 9.84 Å². The molecule has 0 aliphatic carbocycles. The smallest absolute Gasteiger partial charge is 0.175 e. The summed E-state index contributed by atoms with van der Waals surface area (Å²) in [5.74, 6) is 0. The molecule has 0 amide bonds. The Morgan fingerprint density at radius 2 is 2.24 bits per heavy atom. The van der Waals surface area contributed by atoms with Crippen LogP contribution in [0.15, 0.2) is 41.7 Å². The van der Waals surface area contributed by atoms with Crippen LogP contribution in [0.2, 0.25) is 0 Å². The van der Waals surface area contributed by atoms with Crippen LogP contribution in [0.3, 0.4) is 0 Å². The van der Waals surface area contributed by atoms with Crippen LogP contribution in [0.4, 0.5) is 5.69 Å². The fraction of sp³-hybridized carbons (Fsp3) is 0.182. The van der Waals surface area contributed by atoms with E-state index in [0.29, 0.717) is 11.4 Å². The zero-order chi connectivity index (χ0) is 12.3. The average molecular weight is 251 g/mol. The highest BCUT2D eigenvalue weighted by Gasteiger charge is 2.06. The maximum Gasteiger partial charge on any atom is 0.175 e. The Morgan fingerprint density at radius 3 is 2.88 bits per heavy atom. The molecular formula is C11H13N3O2S. The molecule has 90 valence electrons. The van der Waals surface area contributed by atoms with E-state index in [1.165, 1.54) is 6.26 Å². The van der Waals surface area contributed by atoms with Crippen LogP contribution in [0.5, 0.6) is 0 Å². The van der Waals surface area contributed by atoms with Gasteiger partial charge in [-0.1, -0.05) is 6.07 Å². The van der Waals surface area contributed by atoms with Gasteiger partial charge in [0.2, 0.25) is 0 Å². The van der Waals surface area contributed by atoms with E-state index in [4.69, 9.17) is 0 Å². The summed E-state index contributed by atoms with van der Waals surface area (Å²) < 4.78 is 22.7. The molecule has 2 aromatic rings. The minimum absolute atomic E-state index is 0.312. The van der Waals surface area contributed by atoms with E-state index in [9.17, 15) is 8.42 Å². The topological polar surface area (TPSA) is 74.8 Å². The molecule has 5 nitrogen and oxygen atoms in total. The summed E-state index contributed by atoms with van der Waals surface area (Å²) in [4.78, 5) is 7.17. The minimum atomic E-state index is -3.16. The van der Waals surface area contributed by atoms with E-state index in [0.717, 1.165) is 11.4 Å². The molecule has 0 unspecified atom stereocenters. The van der Waals surface area contributed by atoms with Crippen molar-refractivity contribution in [2.45, 2.75) is 11.4 Å². The third-order valence-corrected chi connectivity index (χ3v) is 3.41. The standard InChI is InChI=1S/C11H13N3O2S/c1-17(15,16)11-4-2-3-9(5-11)13-7-10-6-12-8-14-10/h2-6,8,13H,7H2,1H3,(H,12,14). The van der Waals surface area contributed by atoms with Crippen LogP contribution in [-0.4, -0.2) is 24.6 Å². The third kappa shape index (κ3) is 3.07. The van der Waals surface area contributed by atoms with Gasteiger partial charge < -0.3 is 10.3 Å². The number of H-pyrrole nitrogens is 1. The number of nitrogens with one attached hydrogen (secondary N) is 2. The monoisotopic (exact) mass is 251 g/mol. The van der Waals surface area contributed by atoms with E-state index in [1.54, 1.807) is 30.7 Å². The van der Waals surface area contributed by atoms with Crippen molar-refractivity contribution in [3.8, 4) is 0 Å². The summed E-state index contributed by atoms with van der Waals surface area (Å²) in [7, 11) is -3.16. The van der Waals surface area contributed by atoms with Crippen molar-refractivity contribution in [1.82, 2.24) is 9.97 Å². The number of aromatic nitrogens is 2. The number of benzene rings is 1. The Labute approximate surface area is 99.8 Å². The number of hydrogen-bond donors (Lipinski definition) is 2. The highest BCUT2D eigenvalue weighted by molar-refractivity contribution is 7.90. The summed E-state index contributed by atoms with van der Waals surface area (Å²) in [5, 5.41) is 3.12. The van der Waals surface area contributed by atoms with Crippen LogP contribution in [0, 0.1) is 0 Å². The minimum Gasteiger partial charge on any atom is -0.379 e. The summed E-state index contributed by atoms with van der Waals surface area (Å²) >= 11 is 0. The van der Waals surface area contributed by atoms with E-state index >= 15 is 0 Å². The lowest BCUT2D eigenvalue weighted by molar-refractivity contribution is 0.602.